The van der Waals surface area contributed by atoms with Crippen LogP contribution in [0.4, 0.5) is 5.95 Å². The van der Waals surface area contributed by atoms with Crippen LogP contribution in [0.25, 0.3) is 11.2 Å². The van der Waals surface area contributed by atoms with Crippen LogP contribution < -0.4 is 11.3 Å². The molecular formula is C26H59N8O7P. The van der Waals surface area contributed by atoms with Crippen LogP contribution in [-0.4, -0.2) is 126 Å². The summed E-state index contributed by atoms with van der Waals surface area (Å²) in [6.45, 7) is 30.7. The number of hydrogen-bond donors (Lipinski definition) is 6. The molecule has 0 saturated heterocycles. The number of nitrogens with two attached hydrogens (primary N) is 1. The van der Waals surface area contributed by atoms with Crippen molar-refractivity contribution in [3.05, 3.63) is 16.7 Å². The van der Waals surface area contributed by atoms with E-state index in [1.807, 2.05) is 0 Å². The van der Waals surface area contributed by atoms with E-state index in [1.165, 1.54) is 69.8 Å². The molecule has 16 heteroatoms. The summed E-state index contributed by atoms with van der Waals surface area (Å²) in [5.74, 6) is 0.0291. The number of nitrogens with zero attached hydrogens (tertiary/aromatic N) is 6. The average molecular weight is 627 g/mol. The summed E-state index contributed by atoms with van der Waals surface area (Å²) in [4.78, 5) is 50.3. The van der Waals surface area contributed by atoms with Crippen LogP contribution in [0.1, 0.15) is 62.3 Å². The van der Waals surface area contributed by atoms with E-state index in [0.29, 0.717) is 5.65 Å². The van der Waals surface area contributed by atoms with Crippen molar-refractivity contribution in [2.45, 2.75) is 69.0 Å². The lowest BCUT2D eigenvalue weighted by Gasteiger charge is -2.13. The Morgan fingerprint density at radius 3 is 1.48 bits per heavy atom. The Morgan fingerprint density at radius 1 is 0.833 bits per heavy atom. The summed E-state index contributed by atoms with van der Waals surface area (Å²) in [5, 5.41) is 8.56. The molecule has 42 heavy (non-hydrogen) atoms. The third kappa shape index (κ3) is 24.6. The van der Waals surface area contributed by atoms with Crippen molar-refractivity contribution >= 4 is 24.9 Å². The quantitative estimate of drug-likeness (QED) is 0.139. The third-order valence-corrected chi connectivity index (χ3v) is 5.98. The van der Waals surface area contributed by atoms with E-state index in [2.05, 4.69) is 92.0 Å². The summed E-state index contributed by atoms with van der Waals surface area (Å²) in [5.41, 5.74) is 5.60. The molecule has 0 aromatic carbocycles. The number of H-pyrrole nitrogens is 1. The molecule has 250 valence electrons. The first-order chi connectivity index (χ1) is 19.8. The summed E-state index contributed by atoms with van der Waals surface area (Å²) >= 11 is 0. The van der Waals surface area contributed by atoms with Crippen LogP contribution in [0.5, 0.6) is 0 Å². The standard InChI is InChI=1S/C8H11N5O3.3C6H15N.H3O4P/c9-8-11-6-5(7(15)12-8)10-3-13(6)4-16-2-1-14;3*1-4-7(5-2)6-3;1-5(2,3)4/h3,14H,1-2,4H2,(H3,9,11,12,15);3*4-6H2,1-3H3;(H3,1,2,3,4). The Hall–Kier alpha value is -1.94. The fourth-order valence-corrected chi connectivity index (χ4v) is 3.31. The van der Waals surface area contributed by atoms with Crippen LogP contribution in [0.3, 0.4) is 0 Å². The Labute approximate surface area is 251 Å². The van der Waals surface area contributed by atoms with Crippen molar-refractivity contribution in [1.29, 1.82) is 0 Å². The van der Waals surface area contributed by atoms with E-state index in [-0.39, 0.29) is 37.0 Å². The van der Waals surface area contributed by atoms with Crippen molar-refractivity contribution in [1.82, 2.24) is 34.2 Å². The van der Waals surface area contributed by atoms with Gasteiger partial charge in [-0.15, -0.1) is 0 Å². The topological polar surface area (TPSA) is 207 Å². The largest absolute Gasteiger partial charge is 0.466 e. The molecular weight excluding hydrogens is 567 g/mol. The number of hydrogen-bond acceptors (Lipinski definition) is 10. The van der Waals surface area contributed by atoms with Crippen molar-refractivity contribution in [3.63, 3.8) is 0 Å². The predicted octanol–water partition coefficient (Wildman–Crippen LogP) is 1.78. The van der Waals surface area contributed by atoms with Gasteiger partial charge in [-0.3, -0.25) is 14.3 Å². The monoisotopic (exact) mass is 626 g/mol. The van der Waals surface area contributed by atoms with Gasteiger partial charge in [0.15, 0.2) is 11.2 Å². The summed E-state index contributed by atoms with van der Waals surface area (Å²) in [7, 11) is -4.64. The van der Waals surface area contributed by atoms with Crippen LogP contribution >= 0.6 is 7.82 Å². The minimum atomic E-state index is -4.64. The summed E-state index contributed by atoms with van der Waals surface area (Å²) in [6, 6.07) is 0. The molecule has 2 heterocycles. The van der Waals surface area contributed by atoms with E-state index >= 15 is 0 Å². The predicted molar refractivity (Wildman–Crippen MR) is 170 cm³/mol. The molecule has 0 saturated carbocycles. The second-order valence-corrected chi connectivity index (χ2v) is 9.50. The number of aliphatic hydroxyl groups is 1. The maximum atomic E-state index is 11.4. The highest BCUT2D eigenvalue weighted by molar-refractivity contribution is 7.45. The highest BCUT2D eigenvalue weighted by Gasteiger charge is 2.08. The molecule has 0 aliphatic carbocycles. The van der Waals surface area contributed by atoms with Gasteiger partial charge in [-0.05, 0) is 58.9 Å². The van der Waals surface area contributed by atoms with Crippen LogP contribution in [0.15, 0.2) is 11.1 Å². The SMILES string of the molecule is CCN(CC)CC.CCN(CC)CC.CCN(CC)CC.Nc1nc2c(ncn2COCCO)c(=O)[nH]1.O=P(O)(O)O. The molecule has 2 aromatic heterocycles. The Morgan fingerprint density at radius 2 is 1.19 bits per heavy atom. The molecule has 15 nitrogen and oxygen atoms in total. The van der Waals surface area contributed by atoms with E-state index in [0.717, 1.165) is 0 Å². The van der Waals surface area contributed by atoms with Crippen molar-refractivity contribution in [3.8, 4) is 0 Å². The van der Waals surface area contributed by atoms with Gasteiger partial charge in [0.1, 0.15) is 6.73 Å². The van der Waals surface area contributed by atoms with Gasteiger partial charge in [0, 0.05) is 0 Å². The number of anilines is 1. The van der Waals surface area contributed by atoms with Gasteiger partial charge in [-0.1, -0.05) is 62.3 Å². The Kier molecular flexibility index (Phi) is 29.5. The van der Waals surface area contributed by atoms with Crippen molar-refractivity contribution in [2.75, 3.05) is 77.9 Å². The zero-order valence-corrected chi connectivity index (χ0v) is 28.2. The lowest BCUT2D eigenvalue weighted by molar-refractivity contribution is 0.0499. The number of nitrogens with one attached hydrogen (secondary N) is 1. The van der Waals surface area contributed by atoms with E-state index in [1.54, 1.807) is 0 Å². The number of aromatic amines is 1. The number of phosphoric acid groups is 1. The van der Waals surface area contributed by atoms with Gasteiger partial charge in [-0.25, -0.2) is 9.55 Å². The van der Waals surface area contributed by atoms with Gasteiger partial charge < -0.3 is 45.0 Å². The molecule has 0 radical (unpaired) electrons. The Bertz CT molecular complexity index is 922. The lowest BCUT2D eigenvalue weighted by atomic mass is 10.5. The average Bonchev–Trinajstić information content (AvgIpc) is 3.35. The normalized spacial score (nSPS) is 10.8. The molecule has 0 aliphatic rings. The number of rotatable bonds is 13. The van der Waals surface area contributed by atoms with Crippen molar-refractivity contribution < 1.29 is 29.1 Å². The van der Waals surface area contributed by atoms with Crippen LogP contribution in [0, 0.1) is 0 Å². The highest BCUT2D eigenvalue weighted by atomic mass is 31.2. The van der Waals surface area contributed by atoms with Crippen LogP contribution in [-0.2, 0) is 16.0 Å². The maximum Gasteiger partial charge on any atom is 0.466 e. The van der Waals surface area contributed by atoms with E-state index < -0.39 is 7.82 Å². The molecule has 0 fully saturated rings. The number of aliphatic hydroxyl groups excluding tert-OH is 1. The first kappa shape index (κ1) is 44.5. The highest BCUT2D eigenvalue weighted by Crippen LogP contribution is 2.25. The lowest BCUT2D eigenvalue weighted by Crippen LogP contribution is -2.21. The fourth-order valence-electron chi connectivity index (χ4n) is 3.31. The molecule has 0 spiro atoms. The Balaban J connectivity index is -0.000000498. The minimum absolute atomic E-state index is 0.0291. The molecule has 0 unspecified atom stereocenters. The van der Waals surface area contributed by atoms with Gasteiger partial charge in [-0.2, -0.15) is 4.98 Å². The first-order valence-corrected chi connectivity index (χ1v) is 16.2. The van der Waals surface area contributed by atoms with Gasteiger partial charge >= 0.3 is 7.82 Å². The minimum Gasteiger partial charge on any atom is -0.394 e. The number of nitrogen functional groups attached to an aromatic ring is 1. The number of fused-ring (bicyclic) bond motifs is 1. The van der Waals surface area contributed by atoms with Gasteiger partial charge in [0.05, 0.1) is 19.5 Å². The molecule has 0 amide bonds. The van der Waals surface area contributed by atoms with Crippen LogP contribution in [0.2, 0.25) is 0 Å². The maximum absolute atomic E-state index is 11.4. The van der Waals surface area contributed by atoms with Gasteiger partial charge in [0.25, 0.3) is 5.56 Å². The number of aromatic nitrogens is 4. The second kappa shape index (κ2) is 27.9. The summed E-state index contributed by atoms with van der Waals surface area (Å²) < 4.78 is 15.5. The zero-order valence-electron chi connectivity index (χ0n) is 27.3. The zero-order chi connectivity index (χ0) is 33.1. The molecule has 7 N–H and O–H groups in total. The third-order valence-electron chi connectivity index (χ3n) is 5.98. The van der Waals surface area contributed by atoms with E-state index in [9.17, 15) is 4.79 Å². The molecule has 2 rings (SSSR count). The molecule has 0 bridgehead atoms. The van der Waals surface area contributed by atoms with E-state index in [4.69, 9.17) is 34.8 Å². The number of ether oxygens (including phenoxy) is 1. The smallest absolute Gasteiger partial charge is 0.394 e. The molecule has 2 aromatic rings. The first-order valence-electron chi connectivity index (χ1n) is 14.6. The number of imidazole rings is 1. The van der Waals surface area contributed by atoms with Gasteiger partial charge in [0.2, 0.25) is 5.95 Å². The van der Waals surface area contributed by atoms with Crippen molar-refractivity contribution in [2.24, 2.45) is 0 Å². The molecule has 0 atom stereocenters. The summed E-state index contributed by atoms with van der Waals surface area (Å²) in [6.07, 6.45) is 1.43. The second-order valence-electron chi connectivity index (χ2n) is 8.47. The molecule has 0 aliphatic heterocycles. The fraction of sp³-hybridized carbons (Fsp3) is 0.808.